The third-order valence-electron chi connectivity index (χ3n) is 9.02. The molecule has 4 heteroatoms. The fraction of sp³-hybridized carbons (Fsp3) is 0.739. The van der Waals surface area contributed by atoms with Crippen LogP contribution in [0.3, 0.4) is 0 Å². The third kappa shape index (κ3) is 2.14. The number of Topliss-reactive ketones (excluding diaryl/α,β-unsaturated/α-hetero) is 1. The summed E-state index contributed by atoms with van der Waals surface area (Å²) in [5.74, 6) is 1.08. The molecular formula is C23H30O4. The summed E-state index contributed by atoms with van der Waals surface area (Å²) in [4.78, 5) is 24.1. The standard InChI is InChI=1S/C23H30O4/c1-21-7-3-16(25)12-15(21)11-14(13-24)20-17(21)4-8-22(2)18(20)5-9-23(22)10-6-19(26)27-23/h4,11,14,18,20,24H,3,5-10,12-13H2,1-2H3/t14-,18?,20?,21-,22-,23+/m0/s1. The summed E-state index contributed by atoms with van der Waals surface area (Å²) in [6.07, 6.45) is 11.0. The van der Waals surface area contributed by atoms with Gasteiger partial charge < -0.3 is 9.84 Å². The summed E-state index contributed by atoms with van der Waals surface area (Å²) in [6, 6.07) is 0. The van der Waals surface area contributed by atoms with E-state index < -0.39 is 0 Å². The minimum atomic E-state index is -0.315. The molecule has 1 heterocycles. The molecule has 5 aliphatic rings. The molecule has 0 bridgehead atoms. The number of ketones is 1. The molecule has 5 rings (SSSR count). The van der Waals surface area contributed by atoms with Gasteiger partial charge in [0.05, 0.1) is 0 Å². The molecule has 0 radical (unpaired) electrons. The van der Waals surface area contributed by atoms with Crippen LogP contribution in [-0.4, -0.2) is 29.1 Å². The summed E-state index contributed by atoms with van der Waals surface area (Å²) in [5.41, 5.74) is 2.28. The van der Waals surface area contributed by atoms with Crippen LogP contribution in [0.25, 0.3) is 0 Å². The van der Waals surface area contributed by atoms with E-state index in [0.29, 0.717) is 36.9 Å². The molecule has 0 aromatic carbocycles. The molecule has 1 aliphatic heterocycles. The van der Waals surface area contributed by atoms with Crippen LogP contribution in [0.15, 0.2) is 23.3 Å². The fourth-order valence-corrected chi connectivity index (χ4v) is 7.39. The number of hydrogen-bond acceptors (Lipinski definition) is 4. The minimum Gasteiger partial charge on any atom is -0.458 e. The third-order valence-corrected chi connectivity index (χ3v) is 9.02. The van der Waals surface area contributed by atoms with Crippen LogP contribution < -0.4 is 0 Å². The number of esters is 1. The van der Waals surface area contributed by atoms with Crippen molar-refractivity contribution in [2.75, 3.05) is 6.61 Å². The molecule has 146 valence electrons. The Labute approximate surface area is 161 Å². The van der Waals surface area contributed by atoms with E-state index >= 15 is 0 Å². The Morgan fingerprint density at radius 1 is 1.19 bits per heavy atom. The first kappa shape index (κ1) is 17.7. The molecule has 2 unspecified atom stereocenters. The molecule has 4 nitrogen and oxygen atoms in total. The molecule has 1 N–H and O–H groups in total. The Bertz CT molecular complexity index is 779. The molecule has 1 spiro atoms. The quantitative estimate of drug-likeness (QED) is 0.564. The number of ether oxygens (including phenoxy) is 1. The Morgan fingerprint density at radius 3 is 2.70 bits per heavy atom. The highest BCUT2D eigenvalue weighted by atomic mass is 16.6. The number of allylic oxidation sites excluding steroid dienone is 3. The van der Waals surface area contributed by atoms with Crippen LogP contribution in [0.5, 0.6) is 0 Å². The lowest BCUT2D eigenvalue weighted by Crippen LogP contribution is -2.52. The van der Waals surface area contributed by atoms with Gasteiger partial charge in [0.25, 0.3) is 0 Å². The number of carbonyl (C=O) groups is 2. The molecule has 1 saturated heterocycles. The van der Waals surface area contributed by atoms with E-state index in [9.17, 15) is 14.7 Å². The molecule has 0 amide bonds. The second-order valence-electron chi connectivity index (χ2n) is 10.0. The van der Waals surface area contributed by atoms with Gasteiger partial charge in [-0.2, -0.15) is 0 Å². The zero-order chi connectivity index (χ0) is 19.0. The van der Waals surface area contributed by atoms with Gasteiger partial charge in [0.1, 0.15) is 11.4 Å². The lowest BCUT2D eigenvalue weighted by Gasteiger charge is -2.56. The average Bonchev–Trinajstić information content (AvgIpc) is 3.16. The normalized spacial score (nSPS) is 48.5. The van der Waals surface area contributed by atoms with Crippen molar-refractivity contribution in [2.24, 2.45) is 28.6 Å². The van der Waals surface area contributed by atoms with Gasteiger partial charge >= 0.3 is 5.97 Å². The van der Waals surface area contributed by atoms with Crippen molar-refractivity contribution in [3.05, 3.63) is 23.3 Å². The van der Waals surface area contributed by atoms with Crippen LogP contribution in [0, 0.1) is 28.6 Å². The highest BCUT2D eigenvalue weighted by Gasteiger charge is 2.66. The van der Waals surface area contributed by atoms with Crippen molar-refractivity contribution in [1.29, 1.82) is 0 Å². The summed E-state index contributed by atoms with van der Waals surface area (Å²) in [5, 5.41) is 10.2. The van der Waals surface area contributed by atoms with Gasteiger partial charge in [-0.15, -0.1) is 0 Å². The molecule has 6 atom stereocenters. The Kier molecular flexibility index (Phi) is 3.64. The number of hydrogen-bond donors (Lipinski definition) is 1. The molecule has 4 aliphatic carbocycles. The highest BCUT2D eigenvalue weighted by molar-refractivity contribution is 5.83. The zero-order valence-electron chi connectivity index (χ0n) is 16.4. The van der Waals surface area contributed by atoms with Crippen LogP contribution >= 0.6 is 0 Å². The maximum absolute atomic E-state index is 12.1. The van der Waals surface area contributed by atoms with Gasteiger partial charge in [-0.05, 0) is 43.9 Å². The zero-order valence-corrected chi connectivity index (χ0v) is 16.4. The van der Waals surface area contributed by atoms with Gasteiger partial charge in [-0.3, -0.25) is 9.59 Å². The summed E-state index contributed by atoms with van der Waals surface area (Å²) < 4.78 is 5.99. The first-order valence-electron chi connectivity index (χ1n) is 10.6. The average molecular weight is 370 g/mol. The molecule has 0 aromatic heterocycles. The Hall–Kier alpha value is -1.42. The number of rotatable bonds is 1. The van der Waals surface area contributed by atoms with Gasteiger partial charge in [0, 0.05) is 42.6 Å². The van der Waals surface area contributed by atoms with Crippen molar-refractivity contribution in [3.8, 4) is 0 Å². The lowest BCUT2D eigenvalue weighted by molar-refractivity contribution is -0.160. The first-order chi connectivity index (χ1) is 12.8. The highest BCUT2D eigenvalue weighted by Crippen LogP contribution is 2.68. The predicted octanol–water partition coefficient (Wildman–Crippen LogP) is 3.73. The SMILES string of the molecule is C[C@]12CCC(=O)CC1=C[C@@H](CO)C1C2=CC[C@@]2(C)C1CC[C@@]21CCC(=O)O1. The Morgan fingerprint density at radius 2 is 2.00 bits per heavy atom. The molecule has 3 fully saturated rings. The van der Waals surface area contributed by atoms with E-state index in [0.717, 1.165) is 32.1 Å². The van der Waals surface area contributed by atoms with Crippen molar-refractivity contribution in [3.63, 3.8) is 0 Å². The first-order valence-corrected chi connectivity index (χ1v) is 10.6. The van der Waals surface area contributed by atoms with Crippen molar-refractivity contribution in [2.45, 2.75) is 70.8 Å². The smallest absolute Gasteiger partial charge is 0.306 e. The summed E-state index contributed by atoms with van der Waals surface area (Å²) in [6.45, 7) is 4.74. The summed E-state index contributed by atoms with van der Waals surface area (Å²) >= 11 is 0. The fourth-order valence-electron chi connectivity index (χ4n) is 7.39. The van der Waals surface area contributed by atoms with E-state index in [1.54, 1.807) is 0 Å². The van der Waals surface area contributed by atoms with E-state index in [-0.39, 0.29) is 34.9 Å². The maximum atomic E-state index is 12.1. The maximum Gasteiger partial charge on any atom is 0.306 e. The largest absolute Gasteiger partial charge is 0.458 e. The van der Waals surface area contributed by atoms with Crippen molar-refractivity contribution in [1.82, 2.24) is 0 Å². The summed E-state index contributed by atoms with van der Waals surface area (Å²) in [7, 11) is 0. The van der Waals surface area contributed by atoms with Gasteiger partial charge in [-0.25, -0.2) is 0 Å². The molecule has 2 saturated carbocycles. The van der Waals surface area contributed by atoms with Crippen molar-refractivity contribution < 1.29 is 19.4 Å². The van der Waals surface area contributed by atoms with Crippen LogP contribution in [0.1, 0.15) is 65.2 Å². The monoisotopic (exact) mass is 370 g/mol. The second-order valence-corrected chi connectivity index (χ2v) is 10.0. The minimum absolute atomic E-state index is 0.0340. The number of fused-ring (bicyclic) bond motifs is 6. The number of carbonyl (C=O) groups excluding carboxylic acids is 2. The molecule has 0 aromatic rings. The number of aliphatic hydroxyl groups is 1. The van der Waals surface area contributed by atoms with Crippen LogP contribution in [0.4, 0.5) is 0 Å². The predicted molar refractivity (Wildman–Crippen MR) is 101 cm³/mol. The van der Waals surface area contributed by atoms with E-state index in [4.69, 9.17) is 4.74 Å². The molecular weight excluding hydrogens is 340 g/mol. The van der Waals surface area contributed by atoms with Gasteiger partial charge in [0.15, 0.2) is 0 Å². The van der Waals surface area contributed by atoms with Crippen LogP contribution in [0.2, 0.25) is 0 Å². The van der Waals surface area contributed by atoms with E-state index in [2.05, 4.69) is 26.0 Å². The van der Waals surface area contributed by atoms with Crippen LogP contribution in [-0.2, 0) is 14.3 Å². The molecule has 27 heavy (non-hydrogen) atoms. The Balaban J connectivity index is 1.60. The topological polar surface area (TPSA) is 63.6 Å². The second kappa shape index (κ2) is 5.56. The number of aliphatic hydroxyl groups excluding tert-OH is 1. The lowest BCUT2D eigenvalue weighted by atomic mass is 9.49. The van der Waals surface area contributed by atoms with E-state index in [1.807, 2.05) is 0 Å². The van der Waals surface area contributed by atoms with Gasteiger partial charge in [0.2, 0.25) is 0 Å². The van der Waals surface area contributed by atoms with Gasteiger partial charge in [-0.1, -0.05) is 37.1 Å². The van der Waals surface area contributed by atoms with Crippen molar-refractivity contribution >= 4 is 11.8 Å². The van der Waals surface area contributed by atoms with E-state index in [1.165, 1.54) is 11.1 Å².